The van der Waals surface area contributed by atoms with Crippen LogP contribution in [0.25, 0.3) is 0 Å². The Bertz CT molecular complexity index is 982. The van der Waals surface area contributed by atoms with E-state index in [2.05, 4.69) is 10.1 Å². The minimum Gasteiger partial charge on any atom is -0.434 e. The topological polar surface area (TPSA) is 75.7 Å². The summed E-state index contributed by atoms with van der Waals surface area (Å²) in [6.07, 6.45) is 0.246. The van der Waals surface area contributed by atoms with E-state index >= 15 is 0 Å². The van der Waals surface area contributed by atoms with Gasteiger partial charge in [0.05, 0.1) is 5.75 Å². The Labute approximate surface area is 168 Å². The molecule has 0 spiro atoms. The zero-order valence-corrected chi connectivity index (χ0v) is 16.7. The number of sulfonamides is 1. The highest BCUT2D eigenvalue weighted by Crippen LogP contribution is 2.26. The van der Waals surface area contributed by atoms with Crippen molar-refractivity contribution in [2.75, 3.05) is 5.75 Å². The summed E-state index contributed by atoms with van der Waals surface area (Å²) in [5.41, 5.74) is 2.16. The van der Waals surface area contributed by atoms with Crippen LogP contribution in [0.15, 0.2) is 48.5 Å². The number of amides is 1. The highest BCUT2D eigenvalue weighted by atomic mass is 32.2. The normalized spacial score (nSPS) is 17.0. The molecule has 2 aromatic rings. The number of benzene rings is 2. The molecule has 2 aromatic carbocycles. The Hall–Kier alpha value is -2.52. The second kappa shape index (κ2) is 8.87. The molecule has 1 N–H and O–H groups in total. The van der Waals surface area contributed by atoms with Gasteiger partial charge in [0.25, 0.3) is 0 Å². The van der Waals surface area contributed by atoms with E-state index in [9.17, 15) is 22.0 Å². The lowest BCUT2D eigenvalue weighted by Crippen LogP contribution is -2.52. The van der Waals surface area contributed by atoms with Gasteiger partial charge in [-0.25, -0.2) is 8.42 Å². The molecule has 29 heavy (non-hydrogen) atoms. The molecule has 9 heteroatoms. The molecule has 1 heterocycles. The van der Waals surface area contributed by atoms with Crippen molar-refractivity contribution in [3.63, 3.8) is 0 Å². The molecule has 0 radical (unpaired) electrons. The van der Waals surface area contributed by atoms with Crippen molar-refractivity contribution in [1.82, 2.24) is 9.62 Å². The summed E-state index contributed by atoms with van der Waals surface area (Å²) < 4.78 is 56.0. The molecule has 1 aliphatic rings. The van der Waals surface area contributed by atoms with Gasteiger partial charge < -0.3 is 10.1 Å². The Morgan fingerprint density at radius 3 is 2.52 bits per heavy atom. The molecule has 1 atom stereocenters. The summed E-state index contributed by atoms with van der Waals surface area (Å²) in [7, 11) is -3.62. The predicted molar refractivity (Wildman–Crippen MR) is 104 cm³/mol. The quantitative estimate of drug-likeness (QED) is 0.742. The number of ether oxygens (including phenoxy) is 1. The molecule has 1 amide bonds. The number of carbonyl (C=O) groups is 1. The van der Waals surface area contributed by atoms with Crippen molar-refractivity contribution >= 4 is 15.9 Å². The first-order chi connectivity index (χ1) is 13.8. The van der Waals surface area contributed by atoms with Crippen molar-refractivity contribution < 1.29 is 26.7 Å². The Kier molecular flexibility index (Phi) is 6.49. The molecule has 0 saturated carbocycles. The van der Waals surface area contributed by atoms with Gasteiger partial charge in [-0.2, -0.15) is 13.1 Å². The number of nitrogens with zero attached hydrogens (tertiary/aromatic N) is 1. The lowest BCUT2D eigenvalue weighted by atomic mass is 9.95. The van der Waals surface area contributed by atoms with E-state index in [1.54, 1.807) is 18.2 Å². The Morgan fingerprint density at radius 1 is 1.17 bits per heavy atom. The van der Waals surface area contributed by atoms with Crippen LogP contribution < -0.4 is 10.1 Å². The third-order valence-electron chi connectivity index (χ3n) is 4.87. The molecule has 3 rings (SSSR count). The number of hydrogen-bond donors (Lipinski definition) is 1. The van der Waals surface area contributed by atoms with Gasteiger partial charge >= 0.3 is 6.61 Å². The van der Waals surface area contributed by atoms with E-state index in [-0.39, 0.29) is 31.0 Å². The molecule has 0 saturated heterocycles. The van der Waals surface area contributed by atoms with E-state index in [0.717, 1.165) is 11.1 Å². The molecule has 0 fully saturated rings. The standard InChI is InChI=1S/C20H22F2N2O4S/c1-2-29(26,27)24-13-16-9-4-3-7-14(16)11-17(24)19(25)23-12-15-8-5-6-10-18(15)28-20(21)22/h3-10,17,20H,2,11-13H2,1H3,(H,23,25). The number of carbonyl (C=O) groups excluding carboxylic acids is 1. The van der Waals surface area contributed by atoms with E-state index in [4.69, 9.17) is 0 Å². The van der Waals surface area contributed by atoms with Gasteiger partial charge in [0, 0.05) is 18.7 Å². The van der Waals surface area contributed by atoms with E-state index in [0.29, 0.717) is 5.56 Å². The van der Waals surface area contributed by atoms with Crippen LogP contribution in [-0.2, 0) is 34.3 Å². The van der Waals surface area contributed by atoms with Crippen LogP contribution in [0.3, 0.4) is 0 Å². The second-order valence-corrected chi connectivity index (χ2v) is 8.85. The maximum Gasteiger partial charge on any atom is 0.387 e. The number of para-hydroxylation sites is 1. The van der Waals surface area contributed by atoms with E-state index in [1.165, 1.54) is 17.3 Å². The first-order valence-corrected chi connectivity index (χ1v) is 10.8. The fourth-order valence-electron chi connectivity index (χ4n) is 3.34. The highest BCUT2D eigenvalue weighted by molar-refractivity contribution is 7.89. The molecular weight excluding hydrogens is 402 g/mol. The molecule has 0 bridgehead atoms. The third kappa shape index (κ3) is 4.91. The number of rotatable bonds is 7. The largest absolute Gasteiger partial charge is 0.434 e. The first kappa shape index (κ1) is 21.2. The number of alkyl halides is 2. The summed E-state index contributed by atoms with van der Waals surface area (Å²) in [5, 5.41) is 2.67. The lowest BCUT2D eigenvalue weighted by Gasteiger charge is -2.34. The van der Waals surface area contributed by atoms with Crippen LogP contribution in [0.5, 0.6) is 5.75 Å². The maximum absolute atomic E-state index is 12.9. The minimum atomic E-state index is -3.62. The van der Waals surface area contributed by atoms with Gasteiger partial charge in [0.15, 0.2) is 0 Å². The average molecular weight is 424 g/mol. The number of hydrogen-bond acceptors (Lipinski definition) is 4. The maximum atomic E-state index is 12.9. The fraction of sp³-hybridized carbons (Fsp3) is 0.350. The smallest absolute Gasteiger partial charge is 0.387 e. The summed E-state index contributed by atoms with van der Waals surface area (Å²) in [6.45, 7) is -1.38. The molecule has 6 nitrogen and oxygen atoms in total. The highest BCUT2D eigenvalue weighted by Gasteiger charge is 2.37. The van der Waals surface area contributed by atoms with Crippen molar-refractivity contribution in [2.45, 2.75) is 39.1 Å². The Morgan fingerprint density at radius 2 is 1.83 bits per heavy atom. The summed E-state index contributed by atoms with van der Waals surface area (Å²) in [6, 6.07) is 12.6. The molecule has 156 valence electrons. The predicted octanol–water partition coefficient (Wildman–Crippen LogP) is 2.68. The fourth-order valence-corrected chi connectivity index (χ4v) is 4.57. The third-order valence-corrected chi connectivity index (χ3v) is 6.70. The lowest BCUT2D eigenvalue weighted by molar-refractivity contribution is -0.125. The van der Waals surface area contributed by atoms with Gasteiger partial charge in [-0.3, -0.25) is 4.79 Å². The Balaban J connectivity index is 1.80. The van der Waals surface area contributed by atoms with E-state index < -0.39 is 28.6 Å². The van der Waals surface area contributed by atoms with Gasteiger partial charge in [0.2, 0.25) is 15.9 Å². The van der Waals surface area contributed by atoms with Crippen LogP contribution in [0.1, 0.15) is 23.6 Å². The minimum absolute atomic E-state index is 0.0326. The molecular formula is C20H22F2N2O4S. The molecule has 0 aliphatic carbocycles. The van der Waals surface area contributed by atoms with Crippen LogP contribution in [0.2, 0.25) is 0 Å². The number of halogens is 2. The van der Waals surface area contributed by atoms with Crippen molar-refractivity contribution in [1.29, 1.82) is 0 Å². The monoisotopic (exact) mass is 424 g/mol. The van der Waals surface area contributed by atoms with Crippen molar-refractivity contribution in [3.8, 4) is 5.75 Å². The first-order valence-electron chi connectivity index (χ1n) is 9.18. The van der Waals surface area contributed by atoms with Crippen LogP contribution >= 0.6 is 0 Å². The van der Waals surface area contributed by atoms with E-state index in [1.807, 2.05) is 24.3 Å². The zero-order chi connectivity index (χ0) is 21.0. The second-order valence-electron chi connectivity index (χ2n) is 6.64. The van der Waals surface area contributed by atoms with Gasteiger partial charge in [0.1, 0.15) is 11.8 Å². The summed E-state index contributed by atoms with van der Waals surface area (Å²) in [5.74, 6) is -0.637. The van der Waals surface area contributed by atoms with Gasteiger partial charge in [-0.05, 0) is 30.5 Å². The summed E-state index contributed by atoms with van der Waals surface area (Å²) >= 11 is 0. The van der Waals surface area contributed by atoms with Crippen molar-refractivity contribution in [2.24, 2.45) is 0 Å². The molecule has 0 aromatic heterocycles. The summed E-state index contributed by atoms with van der Waals surface area (Å²) in [4.78, 5) is 12.9. The van der Waals surface area contributed by atoms with Crippen LogP contribution in [-0.4, -0.2) is 37.0 Å². The SMILES string of the molecule is CCS(=O)(=O)N1Cc2ccccc2CC1C(=O)NCc1ccccc1OC(F)F. The van der Waals surface area contributed by atoms with Crippen LogP contribution in [0.4, 0.5) is 8.78 Å². The molecule has 1 aliphatic heterocycles. The molecule has 1 unspecified atom stereocenters. The van der Waals surface area contributed by atoms with Gasteiger partial charge in [-0.15, -0.1) is 0 Å². The zero-order valence-electron chi connectivity index (χ0n) is 15.8. The average Bonchev–Trinajstić information content (AvgIpc) is 2.71. The van der Waals surface area contributed by atoms with Crippen molar-refractivity contribution in [3.05, 3.63) is 65.2 Å². The number of nitrogens with one attached hydrogen (secondary N) is 1. The van der Waals surface area contributed by atoms with Crippen LogP contribution in [0, 0.1) is 0 Å². The number of fused-ring (bicyclic) bond motifs is 1. The van der Waals surface area contributed by atoms with Gasteiger partial charge in [-0.1, -0.05) is 42.5 Å².